The first-order valence-corrected chi connectivity index (χ1v) is 8.24. The lowest BCUT2D eigenvalue weighted by molar-refractivity contribution is 0.0209. The van der Waals surface area contributed by atoms with Gasteiger partial charge in [-0.05, 0) is 44.9 Å². The molecular weight excluding hydrogens is 309 g/mol. The van der Waals surface area contributed by atoms with E-state index in [9.17, 15) is 5.11 Å². The number of benzene rings is 1. The van der Waals surface area contributed by atoms with E-state index in [1.54, 1.807) is 18.2 Å². The van der Waals surface area contributed by atoms with E-state index in [0.29, 0.717) is 34.4 Å². The molecule has 0 saturated carbocycles. The van der Waals surface area contributed by atoms with E-state index < -0.39 is 6.10 Å². The second-order valence-electron chi connectivity index (χ2n) is 5.87. The lowest BCUT2D eigenvalue weighted by Gasteiger charge is -2.40. The van der Waals surface area contributed by atoms with Crippen LogP contribution in [0.2, 0.25) is 10.0 Å². The summed E-state index contributed by atoms with van der Waals surface area (Å²) < 4.78 is 5.60. The van der Waals surface area contributed by atoms with Gasteiger partial charge < -0.3 is 9.84 Å². The smallest absolute Gasteiger partial charge is 0.138 e. The van der Waals surface area contributed by atoms with E-state index in [2.05, 4.69) is 18.7 Å². The summed E-state index contributed by atoms with van der Waals surface area (Å²) in [5, 5.41) is 11.2. The maximum Gasteiger partial charge on any atom is 0.138 e. The highest BCUT2D eigenvalue weighted by molar-refractivity contribution is 6.35. The van der Waals surface area contributed by atoms with E-state index in [-0.39, 0.29) is 6.61 Å². The van der Waals surface area contributed by atoms with E-state index in [0.717, 1.165) is 0 Å². The highest BCUT2D eigenvalue weighted by atomic mass is 35.5. The van der Waals surface area contributed by atoms with Crippen molar-refractivity contribution in [2.45, 2.75) is 51.3 Å². The Morgan fingerprint density at radius 1 is 1.29 bits per heavy atom. The lowest BCUT2D eigenvalue weighted by Crippen LogP contribution is -2.48. The van der Waals surface area contributed by atoms with E-state index >= 15 is 0 Å². The van der Waals surface area contributed by atoms with Crippen molar-refractivity contribution in [2.75, 3.05) is 13.2 Å². The average molecular weight is 332 g/mol. The standard InChI is InChI=1S/C16H23Cl2NO2/c1-11-4-3-5-12(2)19(11)9-14(20)10-21-16-7-6-13(17)8-15(16)18/h6-8,11-12,14,20H,3-5,9-10H2,1-2H3/t11-,12+,14-/m0/s1. The molecule has 118 valence electrons. The Morgan fingerprint density at radius 2 is 1.95 bits per heavy atom. The summed E-state index contributed by atoms with van der Waals surface area (Å²) in [6.07, 6.45) is 3.13. The molecule has 0 radical (unpaired) electrons. The van der Waals surface area contributed by atoms with Crippen LogP contribution in [-0.2, 0) is 0 Å². The Balaban J connectivity index is 1.85. The largest absolute Gasteiger partial charge is 0.489 e. The highest BCUT2D eigenvalue weighted by Gasteiger charge is 2.26. The van der Waals surface area contributed by atoms with Crippen LogP contribution in [0.25, 0.3) is 0 Å². The molecular formula is C16H23Cl2NO2. The van der Waals surface area contributed by atoms with Gasteiger partial charge in [0.25, 0.3) is 0 Å². The molecule has 1 saturated heterocycles. The maximum absolute atomic E-state index is 10.2. The molecule has 0 unspecified atom stereocenters. The van der Waals surface area contributed by atoms with Crippen LogP contribution in [0.15, 0.2) is 18.2 Å². The first-order valence-electron chi connectivity index (χ1n) is 7.49. The van der Waals surface area contributed by atoms with Gasteiger partial charge in [-0.2, -0.15) is 0 Å². The van der Waals surface area contributed by atoms with Gasteiger partial charge in [0.15, 0.2) is 0 Å². The van der Waals surface area contributed by atoms with Crippen molar-refractivity contribution >= 4 is 23.2 Å². The van der Waals surface area contributed by atoms with Crippen LogP contribution in [0.3, 0.4) is 0 Å². The molecule has 1 fully saturated rings. The van der Waals surface area contributed by atoms with Crippen LogP contribution in [0, 0.1) is 0 Å². The predicted octanol–water partition coefficient (Wildman–Crippen LogP) is 4.00. The molecule has 0 aliphatic carbocycles. The van der Waals surface area contributed by atoms with Crippen molar-refractivity contribution in [3.8, 4) is 5.75 Å². The van der Waals surface area contributed by atoms with Gasteiger partial charge in [-0.1, -0.05) is 29.6 Å². The Labute approximate surface area is 136 Å². The van der Waals surface area contributed by atoms with Gasteiger partial charge >= 0.3 is 0 Å². The molecule has 0 amide bonds. The van der Waals surface area contributed by atoms with Gasteiger partial charge in [-0.25, -0.2) is 0 Å². The topological polar surface area (TPSA) is 32.7 Å². The number of hydrogen-bond donors (Lipinski definition) is 1. The van der Waals surface area contributed by atoms with Crippen molar-refractivity contribution in [1.82, 2.24) is 4.90 Å². The minimum Gasteiger partial charge on any atom is -0.489 e. The molecule has 0 bridgehead atoms. The number of hydrogen-bond acceptors (Lipinski definition) is 3. The van der Waals surface area contributed by atoms with Crippen LogP contribution in [0.4, 0.5) is 0 Å². The third kappa shape index (κ3) is 4.75. The SMILES string of the molecule is C[C@@H]1CCC[C@H](C)N1C[C@H](O)COc1ccc(Cl)cc1Cl. The number of piperidine rings is 1. The van der Waals surface area contributed by atoms with Gasteiger partial charge in [0.1, 0.15) is 18.5 Å². The first-order chi connectivity index (χ1) is 9.97. The molecule has 0 aromatic heterocycles. The van der Waals surface area contributed by atoms with E-state index in [1.165, 1.54) is 19.3 Å². The minimum atomic E-state index is -0.528. The number of halogens is 2. The third-order valence-electron chi connectivity index (χ3n) is 4.12. The summed E-state index contributed by atoms with van der Waals surface area (Å²) in [6.45, 7) is 5.31. The molecule has 2 rings (SSSR count). The second-order valence-corrected chi connectivity index (χ2v) is 6.71. The number of rotatable bonds is 5. The van der Waals surface area contributed by atoms with Crippen LogP contribution < -0.4 is 4.74 Å². The van der Waals surface area contributed by atoms with E-state index in [4.69, 9.17) is 27.9 Å². The summed E-state index contributed by atoms with van der Waals surface area (Å²) in [7, 11) is 0. The molecule has 1 N–H and O–H groups in total. The van der Waals surface area contributed by atoms with Crippen LogP contribution >= 0.6 is 23.2 Å². The fourth-order valence-electron chi connectivity index (χ4n) is 2.91. The molecule has 1 heterocycles. The van der Waals surface area contributed by atoms with E-state index in [1.807, 2.05) is 0 Å². The first kappa shape index (κ1) is 16.9. The highest BCUT2D eigenvalue weighted by Crippen LogP contribution is 2.28. The number of ether oxygens (including phenoxy) is 1. The van der Waals surface area contributed by atoms with Crippen molar-refractivity contribution in [2.24, 2.45) is 0 Å². The third-order valence-corrected chi connectivity index (χ3v) is 4.65. The van der Waals surface area contributed by atoms with Gasteiger partial charge in [0.2, 0.25) is 0 Å². The molecule has 1 aliphatic rings. The van der Waals surface area contributed by atoms with Crippen LogP contribution in [0.1, 0.15) is 33.1 Å². The lowest BCUT2D eigenvalue weighted by atomic mass is 9.97. The fraction of sp³-hybridized carbons (Fsp3) is 0.625. The summed E-state index contributed by atoms with van der Waals surface area (Å²) >= 11 is 11.9. The van der Waals surface area contributed by atoms with Crippen molar-refractivity contribution in [1.29, 1.82) is 0 Å². The number of β-amino-alcohol motifs (C(OH)–C–C–N with tert-alkyl or cyclic N) is 1. The zero-order valence-electron chi connectivity index (χ0n) is 12.6. The number of nitrogens with zero attached hydrogens (tertiary/aromatic N) is 1. The van der Waals surface area contributed by atoms with Gasteiger partial charge in [0.05, 0.1) is 5.02 Å². The normalized spacial score (nSPS) is 24.8. The molecule has 0 spiro atoms. The van der Waals surface area contributed by atoms with Crippen molar-refractivity contribution < 1.29 is 9.84 Å². The molecule has 1 aromatic carbocycles. The summed E-state index contributed by atoms with van der Waals surface area (Å²) in [6, 6.07) is 6.12. The summed E-state index contributed by atoms with van der Waals surface area (Å²) in [5.74, 6) is 0.555. The summed E-state index contributed by atoms with van der Waals surface area (Å²) in [4.78, 5) is 2.36. The molecule has 5 heteroatoms. The fourth-order valence-corrected chi connectivity index (χ4v) is 3.37. The number of aliphatic hydroxyl groups excluding tert-OH is 1. The molecule has 1 aliphatic heterocycles. The van der Waals surface area contributed by atoms with Gasteiger partial charge in [0, 0.05) is 23.7 Å². The molecule has 3 nitrogen and oxygen atoms in total. The quantitative estimate of drug-likeness (QED) is 0.885. The molecule has 1 aromatic rings. The van der Waals surface area contributed by atoms with Crippen LogP contribution in [0.5, 0.6) is 5.75 Å². The Morgan fingerprint density at radius 3 is 2.57 bits per heavy atom. The number of aliphatic hydroxyl groups is 1. The summed E-state index contributed by atoms with van der Waals surface area (Å²) in [5.41, 5.74) is 0. The Kier molecular flexibility index (Phi) is 6.18. The predicted molar refractivity (Wildman–Crippen MR) is 87.4 cm³/mol. The molecule has 21 heavy (non-hydrogen) atoms. The van der Waals surface area contributed by atoms with Gasteiger partial charge in [-0.15, -0.1) is 0 Å². The van der Waals surface area contributed by atoms with Gasteiger partial charge in [-0.3, -0.25) is 4.90 Å². The van der Waals surface area contributed by atoms with Crippen molar-refractivity contribution in [3.63, 3.8) is 0 Å². The monoisotopic (exact) mass is 331 g/mol. The van der Waals surface area contributed by atoms with Crippen molar-refractivity contribution in [3.05, 3.63) is 28.2 Å². The number of likely N-dealkylation sites (tertiary alicyclic amines) is 1. The zero-order chi connectivity index (χ0) is 15.4. The maximum atomic E-state index is 10.2. The molecule has 3 atom stereocenters. The zero-order valence-corrected chi connectivity index (χ0v) is 14.1. The second kappa shape index (κ2) is 7.68. The Hall–Kier alpha value is -0.480. The minimum absolute atomic E-state index is 0.233. The average Bonchev–Trinajstić information content (AvgIpc) is 2.42. The van der Waals surface area contributed by atoms with Crippen LogP contribution in [-0.4, -0.2) is 41.3 Å². The Bertz CT molecular complexity index is 460.